The standard InChI is InChI=1S/C12H12Br2N4/c1-9(6-16)5-10(7-17)11(13)12(14,8-18)3-2-4-15/h9-11H,2-3,5H2,1H3. The number of nitriles is 4. The monoisotopic (exact) mass is 370 g/mol. The summed E-state index contributed by atoms with van der Waals surface area (Å²) in [6.45, 7) is 1.74. The maximum Gasteiger partial charge on any atom is 0.127 e. The van der Waals surface area contributed by atoms with E-state index in [1.165, 1.54) is 0 Å². The molecule has 0 radical (unpaired) electrons. The van der Waals surface area contributed by atoms with Gasteiger partial charge in [0, 0.05) is 12.3 Å². The van der Waals surface area contributed by atoms with E-state index in [2.05, 4.69) is 50.1 Å². The van der Waals surface area contributed by atoms with Crippen molar-refractivity contribution in [2.45, 2.75) is 35.3 Å². The summed E-state index contributed by atoms with van der Waals surface area (Å²) in [5.74, 6) is -0.710. The van der Waals surface area contributed by atoms with Gasteiger partial charge >= 0.3 is 0 Å². The van der Waals surface area contributed by atoms with E-state index in [0.717, 1.165) is 0 Å². The molecule has 18 heavy (non-hydrogen) atoms. The second-order valence-corrected chi connectivity index (χ2v) is 6.44. The molecule has 4 nitrogen and oxygen atoms in total. The van der Waals surface area contributed by atoms with E-state index in [1.807, 2.05) is 6.07 Å². The van der Waals surface area contributed by atoms with Crippen molar-refractivity contribution in [3.8, 4) is 24.3 Å². The van der Waals surface area contributed by atoms with Crippen LogP contribution in [0.25, 0.3) is 0 Å². The van der Waals surface area contributed by atoms with E-state index in [0.29, 0.717) is 12.8 Å². The highest BCUT2D eigenvalue weighted by Gasteiger charge is 2.40. The highest BCUT2D eigenvalue weighted by atomic mass is 79.9. The molecule has 0 N–H and O–H groups in total. The number of alkyl halides is 2. The molecule has 0 aliphatic carbocycles. The molecular formula is C12H12Br2N4. The normalized spacial score (nSPS) is 17.9. The summed E-state index contributed by atoms with van der Waals surface area (Å²) in [6, 6.07) is 8.28. The Morgan fingerprint density at radius 2 is 1.78 bits per heavy atom. The molecule has 0 heterocycles. The van der Waals surface area contributed by atoms with E-state index in [-0.39, 0.29) is 12.3 Å². The van der Waals surface area contributed by atoms with E-state index in [1.54, 1.807) is 6.92 Å². The summed E-state index contributed by atoms with van der Waals surface area (Å²) < 4.78 is -0.960. The molecule has 0 aromatic heterocycles. The van der Waals surface area contributed by atoms with Gasteiger partial charge in [0.25, 0.3) is 0 Å². The number of rotatable bonds is 6. The third-order valence-corrected chi connectivity index (χ3v) is 5.67. The summed E-state index contributed by atoms with van der Waals surface area (Å²) >= 11 is 6.68. The third-order valence-electron chi connectivity index (χ3n) is 2.57. The Balaban J connectivity index is 4.92. The molecule has 0 amide bonds. The van der Waals surface area contributed by atoms with Crippen LogP contribution in [0.2, 0.25) is 0 Å². The second-order valence-electron chi connectivity index (χ2n) is 4.04. The minimum Gasteiger partial charge on any atom is -0.198 e. The molecule has 94 valence electrons. The van der Waals surface area contributed by atoms with Crippen molar-refractivity contribution in [1.82, 2.24) is 0 Å². The first-order valence-electron chi connectivity index (χ1n) is 5.35. The van der Waals surface area contributed by atoms with Gasteiger partial charge < -0.3 is 0 Å². The first kappa shape index (κ1) is 16.9. The smallest absolute Gasteiger partial charge is 0.127 e. The molecule has 0 aliphatic rings. The van der Waals surface area contributed by atoms with Crippen LogP contribution < -0.4 is 0 Å². The van der Waals surface area contributed by atoms with Crippen molar-refractivity contribution < 1.29 is 0 Å². The predicted molar refractivity (Wildman–Crippen MR) is 73.3 cm³/mol. The van der Waals surface area contributed by atoms with Crippen molar-refractivity contribution in [2.75, 3.05) is 0 Å². The Morgan fingerprint density at radius 3 is 2.17 bits per heavy atom. The molecule has 4 unspecified atom stereocenters. The molecule has 0 fully saturated rings. The quantitative estimate of drug-likeness (QED) is 0.668. The average Bonchev–Trinajstić information content (AvgIpc) is 2.40. The Hall–Kier alpha value is -1.08. The third kappa shape index (κ3) is 4.66. The van der Waals surface area contributed by atoms with Crippen LogP contribution in [0, 0.1) is 57.2 Å². The fourth-order valence-corrected chi connectivity index (χ4v) is 2.67. The minimum atomic E-state index is -0.960. The summed E-state index contributed by atoms with van der Waals surface area (Å²) in [5, 5.41) is 35.7. The van der Waals surface area contributed by atoms with Crippen LogP contribution in [-0.4, -0.2) is 9.15 Å². The molecule has 0 aromatic carbocycles. The van der Waals surface area contributed by atoms with Crippen molar-refractivity contribution >= 4 is 31.9 Å². The lowest BCUT2D eigenvalue weighted by Crippen LogP contribution is -2.36. The van der Waals surface area contributed by atoms with Gasteiger partial charge in [0.15, 0.2) is 0 Å². The zero-order chi connectivity index (χ0) is 14.2. The maximum absolute atomic E-state index is 9.21. The molecule has 4 atom stereocenters. The zero-order valence-corrected chi connectivity index (χ0v) is 13.1. The minimum absolute atomic E-state index is 0.229. The Morgan fingerprint density at radius 1 is 1.17 bits per heavy atom. The van der Waals surface area contributed by atoms with Crippen LogP contribution in [-0.2, 0) is 0 Å². The molecule has 0 saturated heterocycles. The van der Waals surface area contributed by atoms with Gasteiger partial charge in [-0.05, 0) is 19.8 Å². The highest BCUT2D eigenvalue weighted by Crippen LogP contribution is 2.38. The Kier molecular flexibility index (Phi) is 7.61. The van der Waals surface area contributed by atoms with Crippen LogP contribution in [0.1, 0.15) is 26.2 Å². The van der Waals surface area contributed by atoms with Gasteiger partial charge in [0.2, 0.25) is 0 Å². The lowest BCUT2D eigenvalue weighted by Gasteiger charge is -2.28. The molecule has 6 heteroatoms. The number of hydrogen-bond acceptors (Lipinski definition) is 4. The molecule has 0 spiro atoms. The molecule has 0 rings (SSSR count). The largest absolute Gasteiger partial charge is 0.198 e. The van der Waals surface area contributed by atoms with Gasteiger partial charge in [-0.1, -0.05) is 31.9 Å². The van der Waals surface area contributed by atoms with E-state index < -0.39 is 15.1 Å². The predicted octanol–water partition coefficient (Wildman–Crippen LogP) is 3.40. The summed E-state index contributed by atoms with van der Waals surface area (Å²) in [6.07, 6.45) is 0.951. The van der Waals surface area contributed by atoms with Gasteiger partial charge in [0.1, 0.15) is 4.32 Å². The SMILES string of the molecule is CC(C#N)CC(C#N)C(Br)C(Br)(C#N)CCC#N. The van der Waals surface area contributed by atoms with Crippen molar-refractivity contribution in [1.29, 1.82) is 21.0 Å². The van der Waals surface area contributed by atoms with Gasteiger partial charge in [-0.2, -0.15) is 21.0 Å². The molecule has 0 aromatic rings. The molecular weight excluding hydrogens is 360 g/mol. The van der Waals surface area contributed by atoms with E-state index in [4.69, 9.17) is 15.8 Å². The van der Waals surface area contributed by atoms with Crippen molar-refractivity contribution in [2.24, 2.45) is 11.8 Å². The first-order valence-corrected chi connectivity index (χ1v) is 7.06. The first-order chi connectivity index (χ1) is 8.45. The summed E-state index contributed by atoms with van der Waals surface area (Å²) in [5.41, 5.74) is 0. The highest BCUT2D eigenvalue weighted by molar-refractivity contribution is 9.12. The lowest BCUT2D eigenvalue weighted by atomic mass is 9.87. The van der Waals surface area contributed by atoms with Gasteiger partial charge in [-0.25, -0.2) is 0 Å². The van der Waals surface area contributed by atoms with Crippen LogP contribution in [0.4, 0.5) is 0 Å². The van der Waals surface area contributed by atoms with E-state index in [9.17, 15) is 5.26 Å². The van der Waals surface area contributed by atoms with Crippen molar-refractivity contribution in [3.05, 3.63) is 0 Å². The fourth-order valence-electron chi connectivity index (χ4n) is 1.48. The molecule has 0 bridgehead atoms. The second kappa shape index (κ2) is 8.10. The maximum atomic E-state index is 9.21. The number of hydrogen-bond donors (Lipinski definition) is 0. The van der Waals surface area contributed by atoms with Gasteiger partial charge in [-0.3, -0.25) is 0 Å². The summed E-state index contributed by atoms with van der Waals surface area (Å²) in [7, 11) is 0. The van der Waals surface area contributed by atoms with Crippen LogP contribution in [0.15, 0.2) is 0 Å². The van der Waals surface area contributed by atoms with Crippen molar-refractivity contribution in [3.63, 3.8) is 0 Å². The Labute approximate surface area is 124 Å². The van der Waals surface area contributed by atoms with Gasteiger partial charge in [0.05, 0.1) is 35.0 Å². The zero-order valence-electron chi connectivity index (χ0n) is 9.90. The van der Waals surface area contributed by atoms with Crippen LogP contribution in [0.5, 0.6) is 0 Å². The van der Waals surface area contributed by atoms with Crippen LogP contribution >= 0.6 is 31.9 Å². The number of halogens is 2. The topological polar surface area (TPSA) is 95.2 Å². The van der Waals surface area contributed by atoms with E-state index >= 15 is 0 Å². The van der Waals surface area contributed by atoms with Gasteiger partial charge in [-0.15, -0.1) is 0 Å². The summed E-state index contributed by atoms with van der Waals surface area (Å²) in [4.78, 5) is -0.427. The molecule has 0 aliphatic heterocycles. The fraction of sp³-hybridized carbons (Fsp3) is 0.667. The number of nitrogens with zero attached hydrogens (tertiary/aromatic N) is 4. The average molecular weight is 372 g/mol. The molecule has 0 saturated carbocycles. The lowest BCUT2D eigenvalue weighted by molar-refractivity contribution is 0.470. The Bertz CT molecular complexity index is 437. The van der Waals surface area contributed by atoms with Crippen LogP contribution in [0.3, 0.4) is 0 Å².